The molecule has 0 aliphatic rings. The average Bonchev–Trinajstić information content (AvgIpc) is 2.69. The molecule has 0 spiro atoms. The predicted molar refractivity (Wildman–Crippen MR) is 70.1 cm³/mol. The fourth-order valence-corrected chi connectivity index (χ4v) is 1.60. The zero-order valence-electron chi connectivity index (χ0n) is 9.95. The van der Waals surface area contributed by atoms with Crippen LogP contribution in [-0.4, -0.2) is 11.2 Å². The van der Waals surface area contributed by atoms with Gasteiger partial charge in [-0.05, 0) is 31.5 Å². The summed E-state index contributed by atoms with van der Waals surface area (Å²) in [7, 11) is 0. The molecule has 18 heavy (non-hydrogen) atoms. The van der Waals surface area contributed by atoms with Crippen molar-refractivity contribution in [2.75, 3.05) is 10.6 Å². The van der Waals surface area contributed by atoms with Gasteiger partial charge >= 0.3 is 6.03 Å². The van der Waals surface area contributed by atoms with E-state index in [2.05, 4.69) is 15.8 Å². The van der Waals surface area contributed by atoms with Crippen LogP contribution < -0.4 is 10.6 Å². The van der Waals surface area contributed by atoms with Crippen LogP contribution in [0.1, 0.15) is 11.3 Å². The van der Waals surface area contributed by atoms with Crippen molar-refractivity contribution in [2.24, 2.45) is 0 Å². The summed E-state index contributed by atoms with van der Waals surface area (Å²) in [5.41, 5.74) is 1.58. The molecule has 0 aliphatic carbocycles. The van der Waals surface area contributed by atoms with E-state index >= 15 is 0 Å². The molecule has 1 aromatic carbocycles. The molecule has 0 atom stereocenters. The molecule has 0 bridgehead atoms. The van der Waals surface area contributed by atoms with Crippen molar-refractivity contribution < 1.29 is 9.32 Å². The van der Waals surface area contributed by atoms with Crippen molar-refractivity contribution in [1.29, 1.82) is 0 Å². The van der Waals surface area contributed by atoms with E-state index in [-0.39, 0.29) is 0 Å². The van der Waals surface area contributed by atoms with Gasteiger partial charge in [0.05, 0.1) is 0 Å². The number of amides is 2. The Morgan fingerprint density at radius 2 is 2.06 bits per heavy atom. The predicted octanol–water partition coefficient (Wildman–Crippen LogP) is 3.59. The number of urea groups is 1. The van der Waals surface area contributed by atoms with Gasteiger partial charge in [0.15, 0.2) is 5.82 Å². The highest BCUT2D eigenvalue weighted by Gasteiger charge is 2.08. The smallest absolute Gasteiger partial charge is 0.324 e. The zero-order chi connectivity index (χ0) is 13.1. The summed E-state index contributed by atoms with van der Waals surface area (Å²) in [5.74, 6) is 0.994. The monoisotopic (exact) mass is 265 g/mol. The summed E-state index contributed by atoms with van der Waals surface area (Å²) in [4.78, 5) is 11.7. The molecule has 2 amide bonds. The van der Waals surface area contributed by atoms with Crippen molar-refractivity contribution in [3.63, 3.8) is 0 Å². The van der Waals surface area contributed by atoms with Gasteiger partial charge in [0.2, 0.25) is 0 Å². The first-order chi connectivity index (χ1) is 8.54. The summed E-state index contributed by atoms with van der Waals surface area (Å²) in [6, 6.07) is 6.52. The van der Waals surface area contributed by atoms with Crippen LogP contribution in [0, 0.1) is 13.8 Å². The number of benzene rings is 1. The van der Waals surface area contributed by atoms with Crippen LogP contribution in [-0.2, 0) is 0 Å². The lowest BCUT2D eigenvalue weighted by molar-refractivity contribution is 0.262. The molecule has 0 unspecified atom stereocenters. The van der Waals surface area contributed by atoms with Crippen molar-refractivity contribution in [3.05, 3.63) is 40.6 Å². The number of aromatic nitrogens is 1. The van der Waals surface area contributed by atoms with E-state index in [1.165, 1.54) is 0 Å². The molecule has 2 aromatic rings. The van der Waals surface area contributed by atoms with E-state index in [4.69, 9.17) is 16.1 Å². The van der Waals surface area contributed by atoms with Gasteiger partial charge in [-0.1, -0.05) is 22.8 Å². The maximum absolute atomic E-state index is 11.7. The Hall–Kier alpha value is -2.01. The van der Waals surface area contributed by atoms with Gasteiger partial charge in [0, 0.05) is 16.8 Å². The van der Waals surface area contributed by atoms with Crippen LogP contribution in [0.15, 0.2) is 28.8 Å². The molecule has 0 aliphatic heterocycles. The fourth-order valence-electron chi connectivity index (χ4n) is 1.42. The third-order valence-corrected chi connectivity index (χ3v) is 2.55. The Bertz CT molecular complexity index is 580. The lowest BCUT2D eigenvalue weighted by Gasteiger charge is -2.08. The Kier molecular flexibility index (Phi) is 3.53. The molecule has 0 radical (unpaired) electrons. The molecular weight excluding hydrogens is 254 g/mol. The van der Waals surface area contributed by atoms with Crippen LogP contribution in [0.2, 0.25) is 5.02 Å². The Balaban J connectivity index is 2.05. The van der Waals surface area contributed by atoms with Gasteiger partial charge in [0.25, 0.3) is 0 Å². The van der Waals surface area contributed by atoms with Crippen molar-refractivity contribution in [1.82, 2.24) is 5.16 Å². The average molecular weight is 266 g/mol. The number of rotatable bonds is 2. The van der Waals surface area contributed by atoms with Gasteiger partial charge in [0.1, 0.15) is 5.76 Å². The quantitative estimate of drug-likeness (QED) is 0.872. The van der Waals surface area contributed by atoms with E-state index in [0.29, 0.717) is 22.3 Å². The molecule has 1 aromatic heterocycles. The van der Waals surface area contributed by atoms with E-state index in [0.717, 1.165) is 5.56 Å². The second kappa shape index (κ2) is 5.10. The van der Waals surface area contributed by atoms with Crippen molar-refractivity contribution in [2.45, 2.75) is 13.8 Å². The molecule has 2 N–H and O–H groups in total. The third-order valence-electron chi connectivity index (χ3n) is 2.32. The van der Waals surface area contributed by atoms with Gasteiger partial charge in [-0.15, -0.1) is 0 Å². The fraction of sp³-hybridized carbons (Fsp3) is 0.167. The number of halogens is 1. The zero-order valence-corrected chi connectivity index (χ0v) is 10.7. The normalized spacial score (nSPS) is 10.2. The Morgan fingerprint density at radius 3 is 2.72 bits per heavy atom. The molecule has 0 fully saturated rings. The number of aryl methyl sites for hydroxylation is 2. The lowest BCUT2D eigenvalue weighted by Crippen LogP contribution is -2.20. The first-order valence-electron chi connectivity index (χ1n) is 5.32. The molecule has 1 heterocycles. The van der Waals surface area contributed by atoms with Crippen LogP contribution in [0.5, 0.6) is 0 Å². The largest absolute Gasteiger partial charge is 0.360 e. The second-order valence-electron chi connectivity index (χ2n) is 3.86. The van der Waals surface area contributed by atoms with E-state index < -0.39 is 6.03 Å². The summed E-state index contributed by atoms with van der Waals surface area (Å²) < 4.78 is 4.84. The van der Waals surface area contributed by atoms with E-state index in [1.807, 2.05) is 13.0 Å². The maximum atomic E-state index is 11.7. The minimum Gasteiger partial charge on any atom is -0.360 e. The summed E-state index contributed by atoms with van der Waals surface area (Å²) in [6.45, 7) is 3.63. The topological polar surface area (TPSA) is 67.2 Å². The Labute approximate surface area is 109 Å². The molecule has 0 saturated heterocycles. The Morgan fingerprint density at radius 1 is 1.28 bits per heavy atom. The SMILES string of the molecule is Cc1cc(NC(=O)Nc2cc(Cl)ccc2C)no1. The molecule has 2 rings (SSSR count). The molecule has 94 valence electrons. The second-order valence-corrected chi connectivity index (χ2v) is 4.30. The number of nitrogens with one attached hydrogen (secondary N) is 2. The summed E-state index contributed by atoms with van der Waals surface area (Å²) >= 11 is 5.86. The highest BCUT2D eigenvalue weighted by atomic mass is 35.5. The minimum absolute atomic E-state index is 0.365. The van der Waals surface area contributed by atoms with Gasteiger partial charge in [-0.2, -0.15) is 0 Å². The molecule has 5 nitrogen and oxygen atoms in total. The number of anilines is 2. The molecule has 6 heteroatoms. The standard InChI is InChI=1S/C12H12ClN3O2/c1-7-3-4-9(13)6-10(7)14-12(17)15-11-5-8(2)18-16-11/h3-6H,1-2H3,(H2,14,15,16,17). The van der Waals surface area contributed by atoms with Crippen molar-refractivity contribution in [3.8, 4) is 0 Å². The van der Waals surface area contributed by atoms with Gasteiger partial charge < -0.3 is 9.84 Å². The van der Waals surface area contributed by atoms with Crippen LogP contribution in [0.4, 0.5) is 16.3 Å². The van der Waals surface area contributed by atoms with E-state index in [1.54, 1.807) is 25.1 Å². The van der Waals surface area contributed by atoms with E-state index in [9.17, 15) is 4.79 Å². The number of nitrogens with zero attached hydrogens (tertiary/aromatic N) is 1. The maximum Gasteiger partial charge on any atom is 0.324 e. The summed E-state index contributed by atoms with van der Waals surface area (Å²) in [6.07, 6.45) is 0. The molecule has 0 saturated carbocycles. The first kappa shape index (κ1) is 12.4. The molecular formula is C12H12ClN3O2. The number of carbonyl (C=O) groups excluding carboxylic acids is 1. The van der Waals surface area contributed by atoms with Crippen LogP contribution in [0.3, 0.4) is 0 Å². The number of hydrogen-bond donors (Lipinski definition) is 2. The van der Waals surface area contributed by atoms with Crippen molar-refractivity contribution >= 4 is 29.1 Å². The van der Waals surface area contributed by atoms with Gasteiger partial charge in [-0.25, -0.2) is 4.79 Å². The third kappa shape index (κ3) is 3.01. The first-order valence-corrected chi connectivity index (χ1v) is 5.70. The lowest BCUT2D eigenvalue weighted by atomic mass is 10.2. The number of hydrogen-bond acceptors (Lipinski definition) is 3. The highest BCUT2D eigenvalue weighted by molar-refractivity contribution is 6.31. The minimum atomic E-state index is -0.395. The summed E-state index contributed by atoms with van der Waals surface area (Å²) in [5, 5.41) is 9.48. The number of carbonyl (C=O) groups is 1. The highest BCUT2D eigenvalue weighted by Crippen LogP contribution is 2.20. The van der Waals surface area contributed by atoms with Crippen LogP contribution in [0.25, 0.3) is 0 Å². The van der Waals surface area contributed by atoms with Crippen LogP contribution >= 0.6 is 11.6 Å². The van der Waals surface area contributed by atoms with Gasteiger partial charge in [-0.3, -0.25) is 5.32 Å².